The normalized spacial score (nSPS) is 11.7. The summed E-state index contributed by atoms with van der Waals surface area (Å²) in [5.74, 6) is -0.453. The van der Waals surface area contributed by atoms with Gasteiger partial charge < -0.3 is 14.4 Å². The van der Waals surface area contributed by atoms with E-state index in [1.165, 1.54) is 40.6 Å². The molecule has 2 aromatic heterocycles. The monoisotopic (exact) mass is 441 g/mol. The maximum atomic E-state index is 13.1. The number of rotatable bonds is 8. The smallest absolute Gasteiger partial charge is 0.422 e. The average molecular weight is 441 g/mol. The number of carbonyl (C=O) groups is 1. The van der Waals surface area contributed by atoms with Crippen LogP contribution in [0.15, 0.2) is 46.5 Å². The predicted molar refractivity (Wildman–Crippen MR) is 105 cm³/mol. The lowest BCUT2D eigenvalue weighted by atomic mass is 10.3. The summed E-state index contributed by atoms with van der Waals surface area (Å²) in [7, 11) is 1.71. The van der Waals surface area contributed by atoms with Crippen LogP contribution in [0.1, 0.15) is 12.8 Å². The van der Waals surface area contributed by atoms with Crippen LogP contribution >= 0.6 is 11.8 Å². The Balaban J connectivity index is 1.95. The van der Waals surface area contributed by atoms with Gasteiger partial charge in [-0.25, -0.2) is 4.98 Å². The van der Waals surface area contributed by atoms with Crippen molar-refractivity contribution >= 4 is 28.8 Å². The number of fused-ring (bicyclic) bond motifs is 1. The lowest BCUT2D eigenvalue weighted by molar-refractivity contribution is -0.153. The number of nitrogens with zero attached hydrogens (tertiary/aromatic N) is 3. The number of benzene rings is 1. The van der Waals surface area contributed by atoms with Gasteiger partial charge >= 0.3 is 12.1 Å². The molecule has 11 heteroatoms. The molecule has 30 heavy (non-hydrogen) atoms. The fourth-order valence-electron chi connectivity index (χ4n) is 2.78. The minimum atomic E-state index is -4.45. The molecule has 0 spiro atoms. The lowest BCUT2D eigenvalue weighted by Gasteiger charge is -2.14. The molecule has 0 amide bonds. The number of aliphatic carboxylic acids is 1. The summed E-state index contributed by atoms with van der Waals surface area (Å²) < 4.78 is 44.7. The molecule has 0 unspecified atom stereocenters. The number of carboxylic acids is 1. The summed E-state index contributed by atoms with van der Waals surface area (Å²) in [4.78, 5) is 28.4. The van der Waals surface area contributed by atoms with Gasteiger partial charge in [-0.2, -0.15) is 13.2 Å². The molecule has 0 radical (unpaired) electrons. The van der Waals surface area contributed by atoms with Gasteiger partial charge in [0.05, 0.1) is 11.2 Å². The van der Waals surface area contributed by atoms with Gasteiger partial charge in [0.25, 0.3) is 5.56 Å². The van der Waals surface area contributed by atoms with Crippen molar-refractivity contribution in [3.63, 3.8) is 0 Å². The number of ether oxygens (including phenoxy) is 1. The Bertz CT molecular complexity index is 1110. The Morgan fingerprint density at radius 2 is 1.93 bits per heavy atom. The highest BCUT2D eigenvalue weighted by atomic mass is 32.2. The van der Waals surface area contributed by atoms with E-state index in [-0.39, 0.29) is 17.7 Å². The summed E-state index contributed by atoms with van der Waals surface area (Å²) in [6.45, 7) is -1.41. The zero-order chi connectivity index (χ0) is 21.9. The van der Waals surface area contributed by atoms with E-state index in [1.54, 1.807) is 23.9 Å². The van der Waals surface area contributed by atoms with Crippen LogP contribution in [0, 0.1) is 0 Å². The van der Waals surface area contributed by atoms with Crippen molar-refractivity contribution in [2.75, 3.05) is 12.4 Å². The predicted octanol–water partition coefficient (Wildman–Crippen LogP) is 3.62. The third kappa shape index (κ3) is 5.15. The van der Waals surface area contributed by atoms with Crippen molar-refractivity contribution in [2.24, 2.45) is 7.05 Å². The largest absolute Gasteiger partial charge is 0.484 e. The molecule has 0 aliphatic carbocycles. The molecule has 3 rings (SSSR count). The number of hydrogen-bond acceptors (Lipinski definition) is 5. The first-order chi connectivity index (χ1) is 14.2. The van der Waals surface area contributed by atoms with E-state index in [4.69, 9.17) is 9.84 Å². The van der Waals surface area contributed by atoms with Crippen molar-refractivity contribution < 1.29 is 27.8 Å². The molecule has 160 valence electrons. The Kier molecular flexibility index (Phi) is 6.40. The standard InChI is InChI=1S/C19H18F3N3O4S/c1-24-9-8-14-16(24)17(28)25(18(23-14)30-10-2-3-15(26)27)12-4-6-13(7-5-12)29-11-19(20,21)22/h4-9H,2-3,10-11H2,1H3,(H,26,27). The Labute approximate surface area is 173 Å². The Morgan fingerprint density at radius 3 is 2.57 bits per heavy atom. The number of hydrogen-bond donors (Lipinski definition) is 1. The minimum absolute atomic E-state index is 0.00391. The van der Waals surface area contributed by atoms with Crippen LogP contribution in [0.25, 0.3) is 16.7 Å². The highest BCUT2D eigenvalue weighted by molar-refractivity contribution is 7.99. The number of carboxylic acid groups (broad SMARTS) is 1. The highest BCUT2D eigenvalue weighted by Crippen LogP contribution is 2.24. The van der Waals surface area contributed by atoms with Gasteiger partial charge in [-0.15, -0.1) is 0 Å². The molecule has 0 saturated heterocycles. The van der Waals surface area contributed by atoms with Crippen molar-refractivity contribution in [3.05, 3.63) is 46.9 Å². The molecule has 2 heterocycles. The van der Waals surface area contributed by atoms with Gasteiger partial charge in [-0.05, 0) is 36.8 Å². The van der Waals surface area contributed by atoms with Gasteiger partial charge in [-0.1, -0.05) is 11.8 Å². The van der Waals surface area contributed by atoms with E-state index in [2.05, 4.69) is 4.98 Å². The average Bonchev–Trinajstić information content (AvgIpc) is 3.04. The van der Waals surface area contributed by atoms with Crippen LogP contribution in [0.4, 0.5) is 13.2 Å². The summed E-state index contributed by atoms with van der Waals surface area (Å²) >= 11 is 1.24. The van der Waals surface area contributed by atoms with Crippen LogP contribution in [0.3, 0.4) is 0 Å². The second kappa shape index (κ2) is 8.82. The number of aromatic nitrogens is 3. The van der Waals surface area contributed by atoms with Crippen molar-refractivity contribution in [1.82, 2.24) is 14.1 Å². The molecule has 1 aromatic carbocycles. The summed E-state index contributed by atoms with van der Waals surface area (Å²) in [5, 5.41) is 9.15. The molecule has 0 saturated carbocycles. The second-order valence-corrected chi connectivity index (χ2v) is 7.50. The Hall–Kier alpha value is -2.95. The van der Waals surface area contributed by atoms with Crippen molar-refractivity contribution in [2.45, 2.75) is 24.2 Å². The Morgan fingerprint density at radius 1 is 1.23 bits per heavy atom. The summed E-state index contributed by atoms with van der Waals surface area (Å²) in [6.07, 6.45) is -2.35. The quantitative estimate of drug-likeness (QED) is 0.327. The lowest BCUT2D eigenvalue weighted by Crippen LogP contribution is -2.23. The molecule has 7 nitrogen and oxygen atoms in total. The number of alkyl halides is 3. The van der Waals surface area contributed by atoms with E-state index in [0.717, 1.165) is 0 Å². The van der Waals surface area contributed by atoms with Gasteiger partial charge in [0.15, 0.2) is 11.8 Å². The minimum Gasteiger partial charge on any atom is -0.484 e. The number of aryl methyl sites for hydroxylation is 1. The van der Waals surface area contributed by atoms with Crippen LogP contribution in [-0.2, 0) is 11.8 Å². The first-order valence-electron chi connectivity index (χ1n) is 8.88. The molecular formula is C19H18F3N3O4S. The zero-order valence-corrected chi connectivity index (χ0v) is 16.7. The van der Waals surface area contributed by atoms with E-state index >= 15 is 0 Å². The molecule has 0 fully saturated rings. The van der Waals surface area contributed by atoms with Gasteiger partial charge in [0, 0.05) is 25.4 Å². The van der Waals surface area contributed by atoms with E-state index in [1.807, 2.05) is 0 Å². The summed E-state index contributed by atoms with van der Waals surface area (Å²) in [6, 6.07) is 7.36. The van der Waals surface area contributed by atoms with Crippen LogP contribution < -0.4 is 10.3 Å². The van der Waals surface area contributed by atoms with E-state index in [9.17, 15) is 22.8 Å². The molecule has 0 bridgehead atoms. The third-order valence-electron chi connectivity index (χ3n) is 4.13. The molecule has 0 atom stereocenters. The van der Waals surface area contributed by atoms with Crippen LogP contribution in [0.5, 0.6) is 5.75 Å². The number of thioether (sulfide) groups is 1. The number of halogens is 3. The van der Waals surface area contributed by atoms with Gasteiger partial charge in [0.2, 0.25) is 0 Å². The maximum Gasteiger partial charge on any atom is 0.422 e. The van der Waals surface area contributed by atoms with E-state index in [0.29, 0.717) is 34.1 Å². The van der Waals surface area contributed by atoms with Crippen molar-refractivity contribution in [3.8, 4) is 11.4 Å². The first kappa shape index (κ1) is 21.8. The molecule has 0 aliphatic heterocycles. The third-order valence-corrected chi connectivity index (χ3v) is 5.15. The molecule has 0 aliphatic rings. The molecular weight excluding hydrogens is 423 g/mol. The van der Waals surface area contributed by atoms with Crippen molar-refractivity contribution in [1.29, 1.82) is 0 Å². The van der Waals surface area contributed by atoms with E-state index < -0.39 is 18.8 Å². The molecule has 1 N–H and O–H groups in total. The SMILES string of the molecule is Cn1ccc2nc(SCCCC(=O)O)n(-c3ccc(OCC(F)(F)F)cc3)c(=O)c21. The van der Waals surface area contributed by atoms with Gasteiger partial charge in [-0.3, -0.25) is 14.2 Å². The van der Waals surface area contributed by atoms with Crippen LogP contribution in [0.2, 0.25) is 0 Å². The fraction of sp³-hybridized carbons (Fsp3) is 0.316. The zero-order valence-electron chi connectivity index (χ0n) is 15.8. The summed E-state index contributed by atoms with van der Waals surface area (Å²) in [5.41, 5.74) is 0.958. The van der Waals surface area contributed by atoms with Crippen LogP contribution in [-0.4, -0.2) is 43.7 Å². The topological polar surface area (TPSA) is 86.3 Å². The maximum absolute atomic E-state index is 13.1. The fourth-order valence-corrected chi connectivity index (χ4v) is 3.73. The highest BCUT2D eigenvalue weighted by Gasteiger charge is 2.28. The second-order valence-electron chi connectivity index (χ2n) is 6.44. The molecule has 3 aromatic rings. The first-order valence-corrected chi connectivity index (χ1v) is 9.87. The van der Waals surface area contributed by atoms with Gasteiger partial charge in [0.1, 0.15) is 11.3 Å².